The number of benzene rings is 1. The van der Waals surface area contributed by atoms with Crippen molar-refractivity contribution < 1.29 is 9.84 Å². The lowest BCUT2D eigenvalue weighted by atomic mass is 9.97. The molecule has 0 saturated heterocycles. The van der Waals surface area contributed by atoms with Crippen LogP contribution in [-0.4, -0.2) is 12.2 Å². The summed E-state index contributed by atoms with van der Waals surface area (Å²) >= 11 is 0. The van der Waals surface area contributed by atoms with Gasteiger partial charge in [-0.3, -0.25) is 0 Å². The fraction of sp³-hybridized carbons (Fsp3) is 0.455. The summed E-state index contributed by atoms with van der Waals surface area (Å²) in [4.78, 5) is 0. The van der Waals surface area contributed by atoms with Crippen LogP contribution in [0.3, 0.4) is 0 Å². The lowest BCUT2D eigenvalue weighted by Gasteiger charge is -2.16. The Morgan fingerprint density at radius 1 is 1.43 bits per heavy atom. The highest BCUT2D eigenvalue weighted by atomic mass is 16.5. The minimum absolute atomic E-state index is 0.158. The number of phenols is 1. The van der Waals surface area contributed by atoms with Crippen molar-refractivity contribution in [3.8, 4) is 11.5 Å². The number of phenolic OH excluding ortho intramolecular Hbond substituents is 1. The van der Waals surface area contributed by atoms with E-state index in [4.69, 9.17) is 10.5 Å². The number of methoxy groups -OCH3 is 1. The van der Waals surface area contributed by atoms with Crippen LogP contribution in [0, 0.1) is 13.8 Å². The summed E-state index contributed by atoms with van der Waals surface area (Å²) in [7, 11) is 1.54. The Hall–Kier alpha value is -1.22. The molecule has 0 fully saturated rings. The standard InChI is InChI=1S/C11H17NO2/c1-6-5-9(14-4)11(13)10(7(6)2)8(3)12/h5,8,13H,12H2,1-4H3. The third-order valence-electron chi connectivity index (χ3n) is 2.51. The van der Waals surface area contributed by atoms with Crippen molar-refractivity contribution in [3.63, 3.8) is 0 Å². The van der Waals surface area contributed by atoms with Gasteiger partial charge in [0.2, 0.25) is 0 Å². The Kier molecular flexibility index (Phi) is 3.01. The molecule has 0 bridgehead atoms. The first-order valence-electron chi connectivity index (χ1n) is 4.61. The molecule has 3 N–H and O–H groups in total. The molecule has 1 rings (SSSR count). The summed E-state index contributed by atoms with van der Waals surface area (Å²) in [5.74, 6) is 0.644. The molecule has 1 atom stereocenters. The molecule has 1 unspecified atom stereocenters. The van der Waals surface area contributed by atoms with E-state index in [1.807, 2.05) is 26.8 Å². The molecular weight excluding hydrogens is 178 g/mol. The quantitative estimate of drug-likeness (QED) is 0.759. The van der Waals surface area contributed by atoms with E-state index in [2.05, 4.69) is 0 Å². The molecule has 0 aromatic heterocycles. The van der Waals surface area contributed by atoms with Crippen molar-refractivity contribution in [1.82, 2.24) is 0 Å². The first-order chi connectivity index (χ1) is 6.49. The van der Waals surface area contributed by atoms with E-state index < -0.39 is 0 Å². The van der Waals surface area contributed by atoms with Gasteiger partial charge in [0.1, 0.15) is 0 Å². The molecule has 3 heteroatoms. The predicted molar refractivity (Wildman–Crippen MR) is 56.7 cm³/mol. The first-order valence-corrected chi connectivity index (χ1v) is 4.61. The fourth-order valence-electron chi connectivity index (χ4n) is 1.61. The monoisotopic (exact) mass is 195 g/mol. The minimum Gasteiger partial charge on any atom is -0.504 e. The van der Waals surface area contributed by atoms with E-state index in [-0.39, 0.29) is 11.8 Å². The summed E-state index contributed by atoms with van der Waals surface area (Å²) in [6.07, 6.45) is 0. The van der Waals surface area contributed by atoms with Crippen LogP contribution in [0.25, 0.3) is 0 Å². The lowest BCUT2D eigenvalue weighted by Crippen LogP contribution is -2.09. The number of ether oxygens (including phenoxy) is 1. The van der Waals surface area contributed by atoms with Crippen LogP contribution in [0.1, 0.15) is 29.7 Å². The molecule has 0 aliphatic carbocycles. The summed E-state index contributed by atoms with van der Waals surface area (Å²) in [5, 5.41) is 9.86. The summed E-state index contributed by atoms with van der Waals surface area (Å²) in [5.41, 5.74) is 8.66. The minimum atomic E-state index is -0.191. The molecule has 3 nitrogen and oxygen atoms in total. The average molecular weight is 195 g/mol. The maximum atomic E-state index is 9.86. The zero-order valence-electron chi connectivity index (χ0n) is 9.09. The van der Waals surface area contributed by atoms with Gasteiger partial charge in [0, 0.05) is 11.6 Å². The number of rotatable bonds is 2. The van der Waals surface area contributed by atoms with Crippen molar-refractivity contribution in [2.75, 3.05) is 7.11 Å². The van der Waals surface area contributed by atoms with Gasteiger partial charge < -0.3 is 15.6 Å². The molecule has 0 amide bonds. The number of aromatic hydroxyl groups is 1. The summed E-state index contributed by atoms with van der Waals surface area (Å²) < 4.78 is 5.07. The van der Waals surface area contributed by atoms with Crippen molar-refractivity contribution in [2.24, 2.45) is 5.73 Å². The second-order valence-corrected chi connectivity index (χ2v) is 3.57. The molecule has 0 radical (unpaired) electrons. The number of hydrogen-bond acceptors (Lipinski definition) is 3. The van der Waals surface area contributed by atoms with Crippen LogP contribution in [0.5, 0.6) is 11.5 Å². The molecule has 0 aliphatic heterocycles. The number of nitrogens with two attached hydrogens (primary N) is 1. The number of aryl methyl sites for hydroxylation is 1. The fourth-order valence-corrected chi connectivity index (χ4v) is 1.61. The van der Waals surface area contributed by atoms with Gasteiger partial charge >= 0.3 is 0 Å². The maximum absolute atomic E-state index is 9.86. The zero-order valence-corrected chi connectivity index (χ0v) is 9.09. The van der Waals surface area contributed by atoms with Gasteiger partial charge in [-0.25, -0.2) is 0 Å². The van der Waals surface area contributed by atoms with Crippen molar-refractivity contribution >= 4 is 0 Å². The van der Waals surface area contributed by atoms with Crippen LogP contribution in [0.15, 0.2) is 6.07 Å². The number of hydrogen-bond donors (Lipinski definition) is 2. The van der Waals surface area contributed by atoms with E-state index in [1.54, 1.807) is 0 Å². The van der Waals surface area contributed by atoms with Gasteiger partial charge in [-0.2, -0.15) is 0 Å². The van der Waals surface area contributed by atoms with Crippen LogP contribution in [0.2, 0.25) is 0 Å². The van der Waals surface area contributed by atoms with E-state index in [9.17, 15) is 5.11 Å². The molecule has 1 aromatic rings. The highest BCUT2D eigenvalue weighted by Gasteiger charge is 2.16. The SMILES string of the molecule is COc1cc(C)c(C)c(C(C)N)c1O. The Morgan fingerprint density at radius 3 is 2.43 bits per heavy atom. The summed E-state index contributed by atoms with van der Waals surface area (Å²) in [6, 6.07) is 1.63. The van der Waals surface area contributed by atoms with E-state index in [0.717, 1.165) is 16.7 Å². The Morgan fingerprint density at radius 2 is 2.00 bits per heavy atom. The van der Waals surface area contributed by atoms with E-state index in [1.165, 1.54) is 7.11 Å². The lowest BCUT2D eigenvalue weighted by molar-refractivity contribution is 0.368. The Bertz CT molecular complexity index is 346. The summed E-state index contributed by atoms with van der Waals surface area (Å²) in [6.45, 7) is 5.78. The molecule has 14 heavy (non-hydrogen) atoms. The van der Waals surface area contributed by atoms with Gasteiger partial charge in [-0.1, -0.05) is 0 Å². The molecule has 1 aromatic carbocycles. The maximum Gasteiger partial charge on any atom is 0.162 e. The van der Waals surface area contributed by atoms with Crippen LogP contribution in [0.4, 0.5) is 0 Å². The van der Waals surface area contributed by atoms with Crippen LogP contribution < -0.4 is 10.5 Å². The third kappa shape index (κ3) is 1.68. The molecule has 0 spiro atoms. The topological polar surface area (TPSA) is 55.5 Å². The first kappa shape index (κ1) is 10.9. The average Bonchev–Trinajstić information content (AvgIpc) is 2.11. The van der Waals surface area contributed by atoms with Gasteiger partial charge in [-0.05, 0) is 38.0 Å². The normalized spacial score (nSPS) is 12.6. The highest BCUT2D eigenvalue weighted by Crippen LogP contribution is 2.37. The van der Waals surface area contributed by atoms with E-state index >= 15 is 0 Å². The second-order valence-electron chi connectivity index (χ2n) is 3.57. The molecule has 0 saturated carbocycles. The Labute approximate surface area is 84.5 Å². The zero-order chi connectivity index (χ0) is 10.9. The molecular formula is C11H17NO2. The molecule has 78 valence electrons. The third-order valence-corrected chi connectivity index (χ3v) is 2.51. The van der Waals surface area contributed by atoms with Crippen molar-refractivity contribution in [2.45, 2.75) is 26.8 Å². The van der Waals surface area contributed by atoms with Gasteiger partial charge in [0.05, 0.1) is 7.11 Å². The van der Waals surface area contributed by atoms with Crippen LogP contribution >= 0.6 is 0 Å². The van der Waals surface area contributed by atoms with Gasteiger partial charge in [-0.15, -0.1) is 0 Å². The van der Waals surface area contributed by atoms with E-state index in [0.29, 0.717) is 5.75 Å². The van der Waals surface area contributed by atoms with Crippen molar-refractivity contribution in [1.29, 1.82) is 0 Å². The molecule has 0 heterocycles. The van der Waals surface area contributed by atoms with Gasteiger partial charge in [0.25, 0.3) is 0 Å². The smallest absolute Gasteiger partial charge is 0.162 e. The molecule has 0 aliphatic rings. The second kappa shape index (κ2) is 3.88. The predicted octanol–water partition coefficient (Wildman–Crippen LogP) is 2.04. The largest absolute Gasteiger partial charge is 0.504 e. The Balaban J connectivity index is 3.45. The van der Waals surface area contributed by atoms with Crippen LogP contribution in [-0.2, 0) is 0 Å². The highest BCUT2D eigenvalue weighted by molar-refractivity contribution is 5.54. The van der Waals surface area contributed by atoms with Gasteiger partial charge in [0.15, 0.2) is 11.5 Å². The van der Waals surface area contributed by atoms with Crippen molar-refractivity contribution in [3.05, 3.63) is 22.8 Å².